The Bertz CT molecular complexity index is 484. The average Bonchev–Trinajstić information content (AvgIpc) is 2.70. The zero-order chi connectivity index (χ0) is 10.8. The Morgan fingerprint density at radius 3 is 2.87 bits per heavy atom. The molecule has 1 aromatic heterocycles. The van der Waals surface area contributed by atoms with Gasteiger partial charge in [-0.25, -0.2) is 4.98 Å². The molecule has 0 atom stereocenters. The van der Waals surface area contributed by atoms with E-state index in [1.807, 2.05) is 12.1 Å². The van der Waals surface area contributed by atoms with Gasteiger partial charge < -0.3 is 10.2 Å². The summed E-state index contributed by atoms with van der Waals surface area (Å²) in [5.74, 6) is 1.21. The molecule has 0 aliphatic rings. The Morgan fingerprint density at radius 2 is 2.27 bits per heavy atom. The molecule has 78 valence electrons. The first kappa shape index (κ1) is 10.7. The van der Waals surface area contributed by atoms with E-state index in [0.29, 0.717) is 23.2 Å². The van der Waals surface area contributed by atoms with Crippen LogP contribution in [-0.2, 0) is 6.54 Å². The van der Waals surface area contributed by atoms with Gasteiger partial charge in [0.2, 0.25) is 5.89 Å². The SMILES string of the molecule is NCc1ncc(-c2ccc(Cl)c(Br)c2)o1. The second kappa shape index (κ2) is 4.35. The van der Waals surface area contributed by atoms with Crippen molar-refractivity contribution < 1.29 is 4.42 Å². The number of hydrogen-bond acceptors (Lipinski definition) is 3. The molecule has 0 amide bonds. The minimum absolute atomic E-state index is 0.300. The maximum absolute atomic E-state index is 5.89. The molecular weight excluding hydrogens is 279 g/mol. The van der Waals surface area contributed by atoms with E-state index >= 15 is 0 Å². The van der Waals surface area contributed by atoms with E-state index in [1.54, 1.807) is 12.3 Å². The van der Waals surface area contributed by atoms with Gasteiger partial charge in [0.05, 0.1) is 17.8 Å². The number of nitrogens with two attached hydrogens (primary N) is 1. The van der Waals surface area contributed by atoms with Crippen molar-refractivity contribution in [3.05, 3.63) is 39.8 Å². The normalized spacial score (nSPS) is 10.6. The third kappa shape index (κ3) is 2.22. The molecule has 5 heteroatoms. The molecule has 1 aromatic carbocycles. The summed E-state index contributed by atoms with van der Waals surface area (Å²) in [5, 5.41) is 0.664. The van der Waals surface area contributed by atoms with Crippen LogP contribution in [0.15, 0.2) is 33.3 Å². The Morgan fingerprint density at radius 1 is 1.47 bits per heavy atom. The molecule has 0 bridgehead atoms. The van der Waals surface area contributed by atoms with Gasteiger partial charge in [0.1, 0.15) is 0 Å². The second-order valence-corrected chi connectivity index (χ2v) is 4.21. The van der Waals surface area contributed by atoms with Gasteiger partial charge >= 0.3 is 0 Å². The number of benzene rings is 1. The summed E-state index contributed by atoms with van der Waals surface area (Å²) in [6.45, 7) is 0.300. The molecule has 3 nitrogen and oxygen atoms in total. The summed E-state index contributed by atoms with van der Waals surface area (Å²) >= 11 is 9.24. The van der Waals surface area contributed by atoms with Gasteiger partial charge in [-0.3, -0.25) is 0 Å². The van der Waals surface area contributed by atoms with E-state index in [2.05, 4.69) is 20.9 Å². The fourth-order valence-electron chi connectivity index (χ4n) is 1.19. The van der Waals surface area contributed by atoms with Crippen molar-refractivity contribution in [3.63, 3.8) is 0 Å². The van der Waals surface area contributed by atoms with E-state index in [0.717, 1.165) is 10.0 Å². The summed E-state index contributed by atoms with van der Waals surface area (Å²) in [4.78, 5) is 4.02. The second-order valence-electron chi connectivity index (χ2n) is 2.95. The van der Waals surface area contributed by atoms with E-state index < -0.39 is 0 Å². The van der Waals surface area contributed by atoms with Crippen molar-refractivity contribution in [1.29, 1.82) is 0 Å². The smallest absolute Gasteiger partial charge is 0.208 e. The summed E-state index contributed by atoms with van der Waals surface area (Å²) < 4.78 is 6.24. The van der Waals surface area contributed by atoms with E-state index in [4.69, 9.17) is 21.8 Å². The fraction of sp³-hybridized carbons (Fsp3) is 0.100. The van der Waals surface area contributed by atoms with Crippen LogP contribution in [0.3, 0.4) is 0 Å². The molecule has 0 aliphatic carbocycles. The van der Waals surface area contributed by atoms with Gasteiger partial charge in [0.25, 0.3) is 0 Å². The zero-order valence-electron chi connectivity index (χ0n) is 7.71. The topological polar surface area (TPSA) is 52.0 Å². The number of rotatable bonds is 2. The lowest BCUT2D eigenvalue weighted by Gasteiger charge is -1.99. The summed E-state index contributed by atoms with van der Waals surface area (Å²) in [5.41, 5.74) is 6.32. The van der Waals surface area contributed by atoms with Crippen molar-refractivity contribution in [3.8, 4) is 11.3 Å². The van der Waals surface area contributed by atoms with Crippen LogP contribution in [0.4, 0.5) is 0 Å². The van der Waals surface area contributed by atoms with E-state index in [-0.39, 0.29) is 0 Å². The molecule has 0 fully saturated rings. The number of nitrogens with zero attached hydrogens (tertiary/aromatic N) is 1. The maximum Gasteiger partial charge on any atom is 0.208 e. The minimum Gasteiger partial charge on any atom is -0.439 e. The third-order valence-electron chi connectivity index (χ3n) is 1.93. The molecule has 0 unspecified atom stereocenters. The lowest BCUT2D eigenvalue weighted by molar-refractivity contribution is 0.509. The number of hydrogen-bond donors (Lipinski definition) is 1. The van der Waals surface area contributed by atoms with Crippen LogP contribution in [0.1, 0.15) is 5.89 Å². The average molecular weight is 288 g/mol. The van der Waals surface area contributed by atoms with Crippen LogP contribution in [0.25, 0.3) is 11.3 Å². The Balaban J connectivity index is 2.40. The molecule has 1 heterocycles. The largest absolute Gasteiger partial charge is 0.439 e. The van der Waals surface area contributed by atoms with Crippen LogP contribution in [0.5, 0.6) is 0 Å². The molecule has 2 N–H and O–H groups in total. The van der Waals surface area contributed by atoms with Crippen molar-refractivity contribution >= 4 is 27.5 Å². The molecule has 0 saturated carbocycles. The van der Waals surface area contributed by atoms with Crippen LogP contribution in [-0.4, -0.2) is 4.98 Å². The quantitative estimate of drug-likeness (QED) is 0.922. The maximum atomic E-state index is 5.89. The zero-order valence-corrected chi connectivity index (χ0v) is 10.0. The van der Waals surface area contributed by atoms with Crippen molar-refractivity contribution in [2.75, 3.05) is 0 Å². The predicted molar refractivity (Wildman–Crippen MR) is 62.5 cm³/mol. The van der Waals surface area contributed by atoms with Crippen LogP contribution >= 0.6 is 27.5 Å². The lowest BCUT2D eigenvalue weighted by Crippen LogP contribution is -1.94. The standard InChI is InChI=1S/C10H8BrClN2O/c11-7-3-6(1-2-8(7)12)9-5-14-10(4-13)15-9/h1-3,5H,4,13H2. The summed E-state index contributed by atoms with van der Waals surface area (Å²) in [6, 6.07) is 5.54. The van der Waals surface area contributed by atoms with Gasteiger partial charge in [0, 0.05) is 10.0 Å². The van der Waals surface area contributed by atoms with Crippen LogP contribution < -0.4 is 5.73 Å². The highest BCUT2D eigenvalue weighted by Gasteiger charge is 2.06. The van der Waals surface area contributed by atoms with E-state index in [1.165, 1.54) is 0 Å². The highest BCUT2D eigenvalue weighted by atomic mass is 79.9. The third-order valence-corrected chi connectivity index (χ3v) is 3.15. The molecule has 2 aromatic rings. The van der Waals surface area contributed by atoms with Crippen molar-refractivity contribution in [2.45, 2.75) is 6.54 Å². The van der Waals surface area contributed by atoms with Gasteiger partial charge in [-0.2, -0.15) is 0 Å². The van der Waals surface area contributed by atoms with Gasteiger partial charge in [0.15, 0.2) is 5.76 Å². The predicted octanol–water partition coefficient (Wildman–Crippen LogP) is 3.22. The molecule has 0 spiro atoms. The summed E-state index contributed by atoms with van der Waals surface area (Å²) in [6.07, 6.45) is 1.65. The molecule has 15 heavy (non-hydrogen) atoms. The molecule has 2 rings (SSSR count). The Labute approximate surface area is 100 Å². The van der Waals surface area contributed by atoms with Gasteiger partial charge in [-0.05, 0) is 34.1 Å². The van der Waals surface area contributed by atoms with Gasteiger partial charge in [-0.1, -0.05) is 11.6 Å². The number of aromatic nitrogens is 1. The molecular formula is C10H8BrClN2O. The van der Waals surface area contributed by atoms with Gasteiger partial charge in [-0.15, -0.1) is 0 Å². The first-order valence-electron chi connectivity index (χ1n) is 4.31. The van der Waals surface area contributed by atoms with Crippen LogP contribution in [0, 0.1) is 0 Å². The monoisotopic (exact) mass is 286 g/mol. The molecule has 0 saturated heterocycles. The fourth-order valence-corrected chi connectivity index (χ4v) is 1.68. The molecule has 0 aliphatic heterocycles. The minimum atomic E-state index is 0.300. The van der Waals surface area contributed by atoms with Crippen molar-refractivity contribution in [1.82, 2.24) is 4.98 Å². The number of halogens is 2. The summed E-state index contributed by atoms with van der Waals surface area (Å²) in [7, 11) is 0. The first-order chi connectivity index (χ1) is 7.20. The number of oxazole rings is 1. The van der Waals surface area contributed by atoms with Crippen LogP contribution in [0.2, 0.25) is 5.02 Å². The lowest BCUT2D eigenvalue weighted by atomic mass is 10.2. The highest BCUT2D eigenvalue weighted by molar-refractivity contribution is 9.10. The van der Waals surface area contributed by atoms with Crippen molar-refractivity contribution in [2.24, 2.45) is 5.73 Å². The molecule has 0 radical (unpaired) electrons. The Hall–Kier alpha value is -0.840. The Kier molecular flexibility index (Phi) is 3.09. The highest BCUT2D eigenvalue weighted by Crippen LogP contribution is 2.29. The first-order valence-corrected chi connectivity index (χ1v) is 5.48. The van der Waals surface area contributed by atoms with E-state index in [9.17, 15) is 0 Å².